The molecule has 0 N–H and O–H groups in total. The average molecular weight is 148 g/mol. The molecule has 0 radical (unpaired) electrons. The Morgan fingerprint density at radius 2 is 2.45 bits per heavy atom. The minimum Gasteiger partial charge on any atom is -0.0840 e. The Bertz CT molecular complexity index is 182. The Kier molecular flexibility index (Phi) is 3.74. The molecule has 0 saturated heterocycles. The second-order valence-electron chi connectivity index (χ2n) is 2.89. The van der Waals surface area contributed by atoms with Crippen LogP contribution in [0.15, 0.2) is 36.0 Å². The Labute approximate surface area is 69.3 Å². The highest BCUT2D eigenvalue weighted by molar-refractivity contribution is 5.35. The molecule has 0 spiro atoms. The van der Waals surface area contributed by atoms with Crippen LogP contribution in [0.1, 0.15) is 32.6 Å². The lowest BCUT2D eigenvalue weighted by Gasteiger charge is -1.88. The zero-order valence-electron chi connectivity index (χ0n) is 7.22. The van der Waals surface area contributed by atoms with Crippen molar-refractivity contribution in [2.45, 2.75) is 32.6 Å². The summed E-state index contributed by atoms with van der Waals surface area (Å²) in [6.07, 6.45) is 16.1. The largest absolute Gasteiger partial charge is 0.0840 e. The maximum Gasteiger partial charge on any atom is -0.0157 e. The molecule has 60 valence electrons. The summed E-state index contributed by atoms with van der Waals surface area (Å²) >= 11 is 0. The molecule has 0 nitrogen and oxygen atoms in total. The monoisotopic (exact) mass is 148 g/mol. The first kappa shape index (κ1) is 8.32. The second kappa shape index (κ2) is 4.95. The van der Waals surface area contributed by atoms with Crippen LogP contribution >= 0.6 is 0 Å². The molecule has 0 aromatic carbocycles. The smallest absolute Gasteiger partial charge is 0.0157 e. The highest BCUT2D eigenvalue weighted by Gasteiger charge is 1.90. The van der Waals surface area contributed by atoms with Gasteiger partial charge in [-0.05, 0) is 18.4 Å². The Morgan fingerprint density at radius 1 is 1.55 bits per heavy atom. The molecule has 0 aliphatic heterocycles. The molecule has 0 aromatic rings. The van der Waals surface area contributed by atoms with E-state index in [1.165, 1.54) is 24.8 Å². The minimum atomic E-state index is 1.12. The maximum atomic E-state index is 2.27. The quantitative estimate of drug-likeness (QED) is 0.534. The fourth-order valence-electron chi connectivity index (χ4n) is 1.14. The summed E-state index contributed by atoms with van der Waals surface area (Å²) in [5.74, 6) is 0. The van der Waals surface area contributed by atoms with Crippen LogP contribution in [0.25, 0.3) is 0 Å². The Morgan fingerprint density at radius 3 is 3.09 bits per heavy atom. The van der Waals surface area contributed by atoms with E-state index in [0.717, 1.165) is 6.42 Å². The van der Waals surface area contributed by atoms with Crippen molar-refractivity contribution in [3.63, 3.8) is 0 Å². The molecule has 0 aromatic heterocycles. The van der Waals surface area contributed by atoms with Crippen molar-refractivity contribution in [1.29, 1.82) is 0 Å². The van der Waals surface area contributed by atoms with Gasteiger partial charge >= 0.3 is 0 Å². The van der Waals surface area contributed by atoms with Crippen molar-refractivity contribution in [2.24, 2.45) is 0 Å². The van der Waals surface area contributed by atoms with Crippen molar-refractivity contribution < 1.29 is 0 Å². The first-order valence-corrected chi connectivity index (χ1v) is 4.46. The van der Waals surface area contributed by atoms with E-state index in [9.17, 15) is 0 Å². The van der Waals surface area contributed by atoms with Gasteiger partial charge in [0, 0.05) is 0 Å². The number of allylic oxidation sites excluding steroid dienone is 6. The molecule has 1 aliphatic rings. The van der Waals surface area contributed by atoms with Gasteiger partial charge in [-0.25, -0.2) is 0 Å². The molecule has 0 heteroatoms. The number of hydrogen-bond acceptors (Lipinski definition) is 0. The normalized spacial score (nSPS) is 16.3. The molecule has 1 rings (SSSR count). The van der Waals surface area contributed by atoms with Crippen molar-refractivity contribution in [3.8, 4) is 0 Å². The first-order valence-electron chi connectivity index (χ1n) is 4.46. The van der Waals surface area contributed by atoms with E-state index in [1.54, 1.807) is 0 Å². The molecule has 11 heavy (non-hydrogen) atoms. The van der Waals surface area contributed by atoms with E-state index >= 15 is 0 Å². The summed E-state index contributed by atoms with van der Waals surface area (Å²) < 4.78 is 0. The second-order valence-corrected chi connectivity index (χ2v) is 2.89. The SMILES string of the molecule is CCCC/C=C/C1=CCC=C1. The highest BCUT2D eigenvalue weighted by Crippen LogP contribution is 2.10. The van der Waals surface area contributed by atoms with Crippen LogP contribution in [-0.4, -0.2) is 0 Å². The van der Waals surface area contributed by atoms with Gasteiger partial charge in [-0.15, -0.1) is 0 Å². The lowest BCUT2D eigenvalue weighted by Crippen LogP contribution is -1.68. The predicted molar refractivity (Wildman–Crippen MR) is 50.5 cm³/mol. The van der Waals surface area contributed by atoms with Crippen LogP contribution in [0.4, 0.5) is 0 Å². The standard InChI is InChI=1S/C11H16/c1-2-3-4-5-8-11-9-6-7-10-11/h5-6,8-10H,2-4,7H2,1H3/b8-5+. The predicted octanol–water partition coefficient (Wildman–Crippen LogP) is 3.62. The summed E-state index contributed by atoms with van der Waals surface area (Å²) in [6.45, 7) is 2.22. The highest BCUT2D eigenvalue weighted by atomic mass is 14.0. The Hall–Kier alpha value is -0.780. The number of rotatable bonds is 4. The van der Waals surface area contributed by atoms with E-state index in [4.69, 9.17) is 0 Å². The van der Waals surface area contributed by atoms with E-state index in [1.807, 2.05) is 0 Å². The van der Waals surface area contributed by atoms with Gasteiger partial charge in [0.15, 0.2) is 0 Å². The van der Waals surface area contributed by atoms with Crippen molar-refractivity contribution in [3.05, 3.63) is 36.0 Å². The van der Waals surface area contributed by atoms with Crippen LogP contribution in [0.2, 0.25) is 0 Å². The van der Waals surface area contributed by atoms with Gasteiger partial charge in [0.25, 0.3) is 0 Å². The van der Waals surface area contributed by atoms with E-state index in [0.29, 0.717) is 0 Å². The summed E-state index contributed by atoms with van der Waals surface area (Å²) in [5, 5.41) is 0. The van der Waals surface area contributed by atoms with Gasteiger partial charge in [0.2, 0.25) is 0 Å². The third-order valence-corrected chi connectivity index (χ3v) is 1.83. The zero-order chi connectivity index (χ0) is 7.94. The lowest BCUT2D eigenvalue weighted by molar-refractivity contribution is 0.814. The number of unbranched alkanes of at least 4 members (excludes halogenated alkanes) is 2. The molecule has 0 atom stereocenters. The van der Waals surface area contributed by atoms with Crippen LogP contribution in [0.3, 0.4) is 0 Å². The van der Waals surface area contributed by atoms with Gasteiger partial charge in [-0.3, -0.25) is 0 Å². The van der Waals surface area contributed by atoms with Crippen LogP contribution in [-0.2, 0) is 0 Å². The molecule has 0 heterocycles. The average Bonchev–Trinajstić information content (AvgIpc) is 2.50. The van der Waals surface area contributed by atoms with Crippen LogP contribution < -0.4 is 0 Å². The van der Waals surface area contributed by atoms with E-state index in [2.05, 4.69) is 37.3 Å². The molecule has 0 amide bonds. The Balaban J connectivity index is 2.18. The molecule has 0 saturated carbocycles. The molecule has 0 bridgehead atoms. The van der Waals surface area contributed by atoms with Gasteiger partial charge in [-0.2, -0.15) is 0 Å². The lowest BCUT2D eigenvalue weighted by atomic mass is 10.2. The summed E-state index contributed by atoms with van der Waals surface area (Å²) in [4.78, 5) is 0. The first-order chi connectivity index (χ1) is 5.43. The summed E-state index contributed by atoms with van der Waals surface area (Å²) in [5.41, 5.74) is 1.38. The maximum absolute atomic E-state index is 2.27. The van der Waals surface area contributed by atoms with Gasteiger partial charge in [0.05, 0.1) is 0 Å². The van der Waals surface area contributed by atoms with E-state index in [-0.39, 0.29) is 0 Å². The van der Waals surface area contributed by atoms with Crippen molar-refractivity contribution in [2.75, 3.05) is 0 Å². The van der Waals surface area contributed by atoms with Crippen molar-refractivity contribution >= 4 is 0 Å². The topological polar surface area (TPSA) is 0 Å². The van der Waals surface area contributed by atoms with Gasteiger partial charge in [-0.1, -0.05) is 50.1 Å². The third kappa shape index (κ3) is 3.22. The number of hydrogen-bond donors (Lipinski definition) is 0. The van der Waals surface area contributed by atoms with Crippen molar-refractivity contribution in [1.82, 2.24) is 0 Å². The van der Waals surface area contributed by atoms with Crippen LogP contribution in [0.5, 0.6) is 0 Å². The minimum absolute atomic E-state index is 1.12. The fraction of sp³-hybridized carbons (Fsp3) is 0.455. The van der Waals surface area contributed by atoms with Gasteiger partial charge in [0.1, 0.15) is 0 Å². The van der Waals surface area contributed by atoms with E-state index < -0.39 is 0 Å². The molecule has 0 unspecified atom stereocenters. The fourth-order valence-corrected chi connectivity index (χ4v) is 1.14. The molecule has 1 aliphatic carbocycles. The summed E-state index contributed by atoms with van der Waals surface area (Å²) in [6, 6.07) is 0. The summed E-state index contributed by atoms with van der Waals surface area (Å²) in [7, 11) is 0. The van der Waals surface area contributed by atoms with Gasteiger partial charge < -0.3 is 0 Å². The molecular formula is C11H16. The zero-order valence-corrected chi connectivity index (χ0v) is 7.22. The molecular weight excluding hydrogens is 132 g/mol. The third-order valence-electron chi connectivity index (χ3n) is 1.83. The molecule has 0 fully saturated rings. The van der Waals surface area contributed by atoms with Crippen LogP contribution in [0, 0.1) is 0 Å².